The van der Waals surface area contributed by atoms with Crippen LogP contribution in [0.4, 0.5) is 0 Å². The number of hydrogen-bond donors (Lipinski definition) is 1. The summed E-state index contributed by atoms with van der Waals surface area (Å²) in [6.45, 7) is 2.67. The lowest BCUT2D eigenvalue weighted by Crippen LogP contribution is -2.41. The minimum absolute atomic E-state index is 0. The minimum Gasteiger partial charge on any atom is -0.366 e. The molecule has 4 nitrogen and oxygen atoms in total. The van der Waals surface area contributed by atoms with Crippen LogP contribution in [0.2, 0.25) is 0 Å². The van der Waals surface area contributed by atoms with Crippen molar-refractivity contribution in [3.05, 3.63) is 0 Å². The standard InChI is InChI=1S/C9H16N2O2S.ClH/c12-9(8-2-1-3-10-8)13-11-4-6-14-7-5-11;/h8,10H,1-7H2;1H/t8-;/m0./s1. The smallest absolute Gasteiger partial charge is 0.341 e. The fourth-order valence-electron chi connectivity index (χ4n) is 1.71. The average molecular weight is 253 g/mol. The van der Waals surface area contributed by atoms with Gasteiger partial charge in [-0.05, 0) is 19.4 Å². The van der Waals surface area contributed by atoms with Gasteiger partial charge in [-0.3, -0.25) is 0 Å². The van der Waals surface area contributed by atoms with Gasteiger partial charge in [-0.1, -0.05) is 0 Å². The van der Waals surface area contributed by atoms with Gasteiger partial charge >= 0.3 is 5.97 Å². The van der Waals surface area contributed by atoms with Crippen LogP contribution >= 0.6 is 24.2 Å². The summed E-state index contributed by atoms with van der Waals surface area (Å²) in [5.74, 6) is 2.02. The van der Waals surface area contributed by atoms with Gasteiger partial charge in [-0.25, -0.2) is 4.79 Å². The van der Waals surface area contributed by atoms with Crippen molar-refractivity contribution in [1.82, 2.24) is 10.4 Å². The molecule has 0 aromatic rings. The van der Waals surface area contributed by atoms with Crippen LogP contribution in [-0.2, 0) is 9.63 Å². The third-order valence-electron chi connectivity index (χ3n) is 2.53. The number of nitrogens with zero attached hydrogens (tertiary/aromatic N) is 1. The molecule has 88 valence electrons. The first-order valence-electron chi connectivity index (χ1n) is 5.14. The Kier molecular flexibility index (Phi) is 5.74. The van der Waals surface area contributed by atoms with E-state index in [1.807, 2.05) is 11.8 Å². The third kappa shape index (κ3) is 3.83. The number of carbonyl (C=O) groups is 1. The zero-order valence-electron chi connectivity index (χ0n) is 8.61. The maximum absolute atomic E-state index is 11.6. The van der Waals surface area contributed by atoms with Crippen LogP contribution in [0.5, 0.6) is 0 Å². The molecule has 0 aromatic carbocycles. The van der Waals surface area contributed by atoms with Gasteiger partial charge in [0.25, 0.3) is 0 Å². The van der Waals surface area contributed by atoms with Crippen molar-refractivity contribution in [2.24, 2.45) is 0 Å². The summed E-state index contributed by atoms with van der Waals surface area (Å²) in [6, 6.07) is -0.0652. The van der Waals surface area contributed by atoms with E-state index in [9.17, 15) is 4.79 Å². The molecule has 2 fully saturated rings. The van der Waals surface area contributed by atoms with Gasteiger partial charge in [0.15, 0.2) is 0 Å². The highest BCUT2D eigenvalue weighted by Crippen LogP contribution is 2.12. The third-order valence-corrected chi connectivity index (χ3v) is 3.48. The van der Waals surface area contributed by atoms with Crippen molar-refractivity contribution in [3.63, 3.8) is 0 Å². The summed E-state index contributed by atoms with van der Waals surface area (Å²) in [5.41, 5.74) is 0. The molecule has 0 spiro atoms. The largest absolute Gasteiger partial charge is 0.366 e. The lowest BCUT2D eigenvalue weighted by Gasteiger charge is -2.25. The molecule has 2 aliphatic rings. The summed E-state index contributed by atoms with van der Waals surface area (Å²) >= 11 is 1.91. The molecular formula is C9H17ClN2O2S. The van der Waals surface area contributed by atoms with Gasteiger partial charge in [-0.15, -0.1) is 17.5 Å². The fourth-order valence-corrected chi connectivity index (χ4v) is 2.58. The number of rotatable bonds is 2. The minimum atomic E-state index is -0.102. The van der Waals surface area contributed by atoms with Crippen LogP contribution in [0.3, 0.4) is 0 Å². The van der Waals surface area contributed by atoms with Crippen LogP contribution in [0, 0.1) is 0 Å². The molecule has 2 rings (SSSR count). The van der Waals surface area contributed by atoms with Crippen molar-refractivity contribution in [2.75, 3.05) is 31.1 Å². The Morgan fingerprint density at radius 2 is 2.13 bits per heavy atom. The number of thioether (sulfide) groups is 1. The number of hydroxylamine groups is 2. The predicted octanol–water partition coefficient (Wildman–Crippen LogP) is 0.667. The summed E-state index contributed by atoms with van der Waals surface area (Å²) in [5, 5.41) is 4.93. The summed E-state index contributed by atoms with van der Waals surface area (Å²) < 4.78 is 0. The Morgan fingerprint density at radius 3 is 2.73 bits per heavy atom. The summed E-state index contributed by atoms with van der Waals surface area (Å²) in [4.78, 5) is 16.9. The van der Waals surface area contributed by atoms with E-state index in [4.69, 9.17) is 4.84 Å². The monoisotopic (exact) mass is 252 g/mol. The molecule has 2 heterocycles. The highest BCUT2D eigenvalue weighted by atomic mass is 35.5. The second kappa shape index (κ2) is 6.58. The van der Waals surface area contributed by atoms with Crippen molar-refractivity contribution in [1.29, 1.82) is 0 Å². The topological polar surface area (TPSA) is 41.6 Å². The van der Waals surface area contributed by atoms with Gasteiger partial charge in [0.1, 0.15) is 6.04 Å². The molecule has 6 heteroatoms. The summed E-state index contributed by atoms with van der Waals surface area (Å²) in [6.07, 6.45) is 2.00. The first kappa shape index (κ1) is 13.1. The first-order chi connectivity index (χ1) is 6.86. The van der Waals surface area contributed by atoms with E-state index in [-0.39, 0.29) is 24.4 Å². The Morgan fingerprint density at radius 1 is 1.40 bits per heavy atom. The van der Waals surface area contributed by atoms with Gasteiger partial charge in [0.05, 0.1) is 0 Å². The van der Waals surface area contributed by atoms with Crippen LogP contribution in [0.1, 0.15) is 12.8 Å². The van der Waals surface area contributed by atoms with Crippen molar-refractivity contribution in [3.8, 4) is 0 Å². The van der Waals surface area contributed by atoms with E-state index in [1.165, 1.54) is 0 Å². The molecule has 0 aromatic heterocycles. The summed E-state index contributed by atoms with van der Waals surface area (Å²) in [7, 11) is 0. The Hall–Kier alpha value is 0.0300. The van der Waals surface area contributed by atoms with E-state index in [1.54, 1.807) is 5.06 Å². The maximum Gasteiger partial charge on any atom is 0.341 e. The normalized spacial score (nSPS) is 27.1. The maximum atomic E-state index is 11.6. The van der Waals surface area contributed by atoms with Gasteiger partial charge < -0.3 is 10.2 Å². The number of carbonyl (C=O) groups excluding carboxylic acids is 1. The lowest BCUT2D eigenvalue weighted by molar-refractivity contribution is -0.190. The van der Waals surface area contributed by atoms with Gasteiger partial charge in [0, 0.05) is 24.6 Å². The van der Waals surface area contributed by atoms with Crippen LogP contribution in [0.25, 0.3) is 0 Å². The van der Waals surface area contributed by atoms with E-state index in [0.29, 0.717) is 0 Å². The number of hydrogen-bond acceptors (Lipinski definition) is 5. The molecule has 0 radical (unpaired) electrons. The van der Waals surface area contributed by atoms with Crippen LogP contribution in [0.15, 0.2) is 0 Å². The lowest BCUT2D eigenvalue weighted by atomic mass is 10.2. The highest BCUT2D eigenvalue weighted by molar-refractivity contribution is 7.99. The van der Waals surface area contributed by atoms with E-state index in [0.717, 1.165) is 44.0 Å². The van der Waals surface area contributed by atoms with Gasteiger partial charge in [0.2, 0.25) is 0 Å². The Labute approximate surface area is 100 Å². The van der Waals surface area contributed by atoms with Crippen LogP contribution < -0.4 is 5.32 Å². The molecule has 0 unspecified atom stereocenters. The zero-order chi connectivity index (χ0) is 9.80. The molecule has 0 amide bonds. The molecule has 0 bridgehead atoms. The van der Waals surface area contributed by atoms with Gasteiger partial charge in [-0.2, -0.15) is 11.8 Å². The molecular weight excluding hydrogens is 236 g/mol. The number of halogens is 1. The predicted molar refractivity (Wildman–Crippen MR) is 63.3 cm³/mol. The Bertz CT molecular complexity index is 206. The van der Waals surface area contributed by atoms with Crippen LogP contribution in [-0.4, -0.2) is 48.2 Å². The van der Waals surface area contributed by atoms with E-state index < -0.39 is 0 Å². The first-order valence-corrected chi connectivity index (χ1v) is 6.29. The van der Waals surface area contributed by atoms with E-state index in [2.05, 4.69) is 5.32 Å². The molecule has 0 saturated carbocycles. The SMILES string of the molecule is Cl.O=C(ON1CCSCC1)[C@@H]1CCCN1. The molecule has 2 saturated heterocycles. The fraction of sp³-hybridized carbons (Fsp3) is 0.889. The quantitative estimate of drug-likeness (QED) is 0.782. The zero-order valence-corrected chi connectivity index (χ0v) is 10.2. The molecule has 1 N–H and O–H groups in total. The van der Waals surface area contributed by atoms with E-state index >= 15 is 0 Å². The second-order valence-electron chi connectivity index (χ2n) is 3.60. The highest BCUT2D eigenvalue weighted by Gasteiger charge is 2.26. The van der Waals surface area contributed by atoms with Crippen molar-refractivity contribution < 1.29 is 9.63 Å². The molecule has 0 aliphatic carbocycles. The average Bonchev–Trinajstić information content (AvgIpc) is 2.72. The molecule has 1 atom stereocenters. The second-order valence-corrected chi connectivity index (χ2v) is 4.83. The number of nitrogens with one attached hydrogen (secondary N) is 1. The molecule has 15 heavy (non-hydrogen) atoms. The van der Waals surface area contributed by atoms with Crippen molar-refractivity contribution in [2.45, 2.75) is 18.9 Å². The van der Waals surface area contributed by atoms with Crippen molar-refractivity contribution >= 4 is 30.1 Å². The Balaban J connectivity index is 0.00000112. The molecule has 2 aliphatic heterocycles.